The van der Waals surface area contributed by atoms with Gasteiger partial charge in [-0.15, -0.1) is 0 Å². The maximum atomic E-state index is 13.4. The van der Waals surface area contributed by atoms with Gasteiger partial charge in [-0.25, -0.2) is 15.0 Å². The second kappa shape index (κ2) is 9.09. The summed E-state index contributed by atoms with van der Waals surface area (Å²) in [6.07, 6.45) is 10.6. The van der Waals surface area contributed by atoms with Gasteiger partial charge < -0.3 is 10.1 Å². The van der Waals surface area contributed by atoms with E-state index in [9.17, 15) is 4.79 Å². The first kappa shape index (κ1) is 21.7. The number of pyridine rings is 3. The third-order valence-corrected chi connectivity index (χ3v) is 6.78. The van der Waals surface area contributed by atoms with Gasteiger partial charge in [-0.2, -0.15) is 9.78 Å². The van der Waals surface area contributed by atoms with Crippen molar-refractivity contribution in [1.82, 2.24) is 30.0 Å². The van der Waals surface area contributed by atoms with E-state index < -0.39 is 0 Å². The molecule has 0 bridgehead atoms. The zero-order valence-corrected chi connectivity index (χ0v) is 19.8. The fourth-order valence-corrected chi connectivity index (χ4v) is 4.75. The summed E-state index contributed by atoms with van der Waals surface area (Å²) >= 11 is 0. The van der Waals surface area contributed by atoms with E-state index in [4.69, 9.17) is 9.72 Å². The minimum Gasteiger partial charge on any atom is -0.474 e. The highest BCUT2D eigenvalue weighted by molar-refractivity contribution is 6.06. The topological polar surface area (TPSA) is 94.8 Å². The van der Waals surface area contributed by atoms with Gasteiger partial charge in [0.25, 0.3) is 5.91 Å². The van der Waals surface area contributed by atoms with Gasteiger partial charge >= 0.3 is 0 Å². The lowest BCUT2D eigenvalue weighted by atomic mass is 10.1. The Morgan fingerprint density at radius 2 is 1.97 bits per heavy atom. The summed E-state index contributed by atoms with van der Waals surface area (Å²) in [5, 5.41) is 8.50. The van der Waals surface area contributed by atoms with Crippen LogP contribution in [0.25, 0.3) is 16.9 Å². The van der Waals surface area contributed by atoms with Crippen LogP contribution in [0.4, 0.5) is 0 Å². The van der Waals surface area contributed by atoms with E-state index in [0.29, 0.717) is 35.4 Å². The van der Waals surface area contributed by atoms with E-state index in [1.54, 1.807) is 17.1 Å². The predicted octanol–water partition coefficient (Wildman–Crippen LogP) is 4.65. The number of ether oxygens (including phenoxy) is 1. The molecule has 1 N–H and O–H groups in total. The highest BCUT2D eigenvalue weighted by Gasteiger charge is 2.29. The Balaban J connectivity index is 1.25. The molecule has 0 aliphatic heterocycles. The van der Waals surface area contributed by atoms with Crippen LogP contribution in [0.15, 0.2) is 48.8 Å². The van der Waals surface area contributed by atoms with Crippen molar-refractivity contribution in [3.63, 3.8) is 0 Å². The predicted molar refractivity (Wildman–Crippen MR) is 132 cm³/mol. The van der Waals surface area contributed by atoms with Gasteiger partial charge in [-0.1, -0.05) is 12.1 Å². The zero-order valence-electron chi connectivity index (χ0n) is 19.8. The van der Waals surface area contributed by atoms with E-state index >= 15 is 0 Å². The summed E-state index contributed by atoms with van der Waals surface area (Å²) < 4.78 is 7.68. The largest absolute Gasteiger partial charge is 0.474 e. The highest BCUT2D eigenvalue weighted by atomic mass is 16.5. The van der Waals surface area contributed by atoms with Gasteiger partial charge in [0.1, 0.15) is 6.10 Å². The van der Waals surface area contributed by atoms with Gasteiger partial charge in [-0.3, -0.25) is 4.79 Å². The average Bonchev–Trinajstić information content (AvgIpc) is 3.52. The lowest BCUT2D eigenvalue weighted by Crippen LogP contribution is -2.23. The number of hydrogen-bond acceptors (Lipinski definition) is 6. The molecule has 8 heteroatoms. The van der Waals surface area contributed by atoms with Crippen molar-refractivity contribution in [1.29, 1.82) is 0 Å². The molecular weight excluding hydrogens is 440 g/mol. The summed E-state index contributed by atoms with van der Waals surface area (Å²) in [6, 6.07) is 11.5. The van der Waals surface area contributed by atoms with Crippen molar-refractivity contribution < 1.29 is 9.53 Å². The second-order valence-electron chi connectivity index (χ2n) is 9.46. The maximum absolute atomic E-state index is 13.4. The van der Waals surface area contributed by atoms with Crippen molar-refractivity contribution in [2.45, 2.75) is 64.0 Å². The molecule has 178 valence electrons. The number of aromatic nitrogens is 5. The monoisotopic (exact) mass is 468 g/mol. The molecule has 4 aromatic rings. The average molecular weight is 469 g/mol. The molecule has 0 radical (unpaired) electrons. The van der Waals surface area contributed by atoms with Crippen LogP contribution in [0.3, 0.4) is 0 Å². The molecule has 0 atom stereocenters. The van der Waals surface area contributed by atoms with E-state index in [0.717, 1.165) is 48.0 Å². The lowest BCUT2D eigenvalue weighted by molar-refractivity contribution is 0.0952. The van der Waals surface area contributed by atoms with E-state index in [2.05, 4.69) is 20.4 Å². The summed E-state index contributed by atoms with van der Waals surface area (Å²) in [5.74, 6) is 1.59. The number of hydrogen-bond donors (Lipinski definition) is 1. The van der Waals surface area contributed by atoms with Gasteiger partial charge in [0.2, 0.25) is 5.88 Å². The van der Waals surface area contributed by atoms with Crippen LogP contribution < -0.4 is 10.1 Å². The van der Waals surface area contributed by atoms with E-state index in [1.807, 2.05) is 43.3 Å². The van der Waals surface area contributed by atoms with Gasteiger partial charge in [0.05, 0.1) is 16.6 Å². The van der Waals surface area contributed by atoms with Crippen LogP contribution in [-0.4, -0.2) is 36.7 Å². The smallest absolute Gasteiger partial charge is 0.252 e. The summed E-state index contributed by atoms with van der Waals surface area (Å²) in [4.78, 5) is 27.2. The molecule has 0 saturated heterocycles. The van der Waals surface area contributed by atoms with Crippen LogP contribution in [-0.2, 0) is 6.54 Å². The van der Waals surface area contributed by atoms with Crippen molar-refractivity contribution in [3.05, 3.63) is 71.3 Å². The fraction of sp³-hybridized carbons (Fsp3) is 0.370. The molecule has 2 saturated carbocycles. The Labute approximate surface area is 203 Å². The molecule has 0 spiro atoms. The Hall–Kier alpha value is -3.81. The number of fused-ring (bicyclic) bond motifs is 1. The quantitative estimate of drug-likeness (QED) is 0.424. The minimum atomic E-state index is -0.144. The van der Waals surface area contributed by atoms with Crippen LogP contribution in [0, 0.1) is 6.92 Å². The van der Waals surface area contributed by atoms with Gasteiger partial charge in [-0.05, 0) is 69.2 Å². The Kier molecular flexibility index (Phi) is 5.64. The fourth-order valence-electron chi connectivity index (χ4n) is 4.75. The number of amides is 1. The van der Waals surface area contributed by atoms with Crippen molar-refractivity contribution >= 4 is 16.9 Å². The first-order chi connectivity index (χ1) is 17.2. The molecule has 2 aliphatic carbocycles. The van der Waals surface area contributed by atoms with Gasteiger partial charge in [0, 0.05) is 36.6 Å². The van der Waals surface area contributed by atoms with Crippen molar-refractivity contribution in [2.24, 2.45) is 0 Å². The molecule has 4 aromatic heterocycles. The van der Waals surface area contributed by atoms with E-state index in [1.165, 1.54) is 12.8 Å². The van der Waals surface area contributed by atoms with Crippen LogP contribution >= 0.6 is 0 Å². The number of nitrogens with one attached hydrogen (secondary N) is 1. The Morgan fingerprint density at radius 3 is 2.69 bits per heavy atom. The molecule has 35 heavy (non-hydrogen) atoms. The molecule has 0 aromatic carbocycles. The minimum absolute atomic E-state index is 0.144. The highest BCUT2D eigenvalue weighted by Crippen LogP contribution is 2.40. The molecular formula is C27H28N6O2. The van der Waals surface area contributed by atoms with Crippen molar-refractivity contribution in [3.8, 4) is 11.7 Å². The molecule has 2 aliphatic rings. The Morgan fingerprint density at radius 1 is 1.11 bits per heavy atom. The van der Waals surface area contributed by atoms with E-state index in [-0.39, 0.29) is 12.0 Å². The molecule has 4 heterocycles. The standard InChI is InChI=1S/C27H28N6O2/c1-17-25-21(27(34)30-16-18-9-12-24(29-15-18)35-20-6-2-3-7-20)14-22(19-10-11-19)31-26(25)33(32-17)23-8-4-5-13-28-23/h4-5,8-9,12-15,19-20H,2-3,6-7,10-11,16H2,1H3,(H,30,34). The number of aryl methyl sites for hydroxylation is 1. The summed E-state index contributed by atoms with van der Waals surface area (Å²) in [6.45, 7) is 2.29. The zero-order chi connectivity index (χ0) is 23.8. The maximum Gasteiger partial charge on any atom is 0.252 e. The molecule has 2 fully saturated rings. The van der Waals surface area contributed by atoms with Crippen LogP contribution in [0.1, 0.15) is 71.8 Å². The lowest BCUT2D eigenvalue weighted by Gasteiger charge is -2.12. The third kappa shape index (κ3) is 4.48. The first-order valence-corrected chi connectivity index (χ1v) is 12.4. The Bertz CT molecular complexity index is 1360. The van der Waals surface area contributed by atoms with Crippen molar-refractivity contribution in [2.75, 3.05) is 0 Å². The van der Waals surface area contributed by atoms with Gasteiger partial charge in [0.15, 0.2) is 11.5 Å². The summed E-state index contributed by atoms with van der Waals surface area (Å²) in [5.41, 5.74) is 3.89. The SMILES string of the molecule is Cc1nn(-c2ccccn2)c2nc(C3CC3)cc(C(=O)NCc3ccc(OC4CCCC4)nc3)c12. The third-order valence-electron chi connectivity index (χ3n) is 6.78. The molecule has 1 amide bonds. The second-order valence-corrected chi connectivity index (χ2v) is 9.46. The van der Waals surface area contributed by atoms with Crippen LogP contribution in [0.5, 0.6) is 5.88 Å². The normalized spacial score (nSPS) is 16.0. The number of rotatable bonds is 7. The number of nitrogens with zero attached hydrogens (tertiary/aromatic N) is 5. The first-order valence-electron chi connectivity index (χ1n) is 12.4. The number of carbonyl (C=O) groups is 1. The summed E-state index contributed by atoms with van der Waals surface area (Å²) in [7, 11) is 0. The van der Waals surface area contributed by atoms with Crippen LogP contribution in [0.2, 0.25) is 0 Å². The molecule has 8 nitrogen and oxygen atoms in total. The molecule has 0 unspecified atom stereocenters. The molecule has 6 rings (SSSR count). The number of carbonyl (C=O) groups excluding carboxylic acids is 1.